The maximum Gasteiger partial charge on any atom is 0.336 e. The third kappa shape index (κ3) is 3.25. The molecule has 31 heavy (non-hydrogen) atoms. The zero-order chi connectivity index (χ0) is 23.4. The van der Waals surface area contributed by atoms with Gasteiger partial charge in [0, 0.05) is 11.8 Å². The average Bonchev–Trinajstić information content (AvgIpc) is 2.74. The Morgan fingerprint density at radius 3 is 1.35 bits per heavy atom. The Morgan fingerprint density at radius 2 is 0.968 bits per heavy atom. The quantitative estimate of drug-likeness (QED) is 0.322. The Hall–Kier alpha value is -3.64. The topological polar surface area (TPSA) is 50.2 Å². The van der Waals surface area contributed by atoms with Crippen molar-refractivity contribution in [3.8, 4) is 22.4 Å². The fourth-order valence-corrected chi connectivity index (χ4v) is 2.64. The highest BCUT2D eigenvalue weighted by Gasteiger charge is 2.31. The van der Waals surface area contributed by atoms with Gasteiger partial charge in [-0.25, -0.2) is 48.7 Å². The third-order valence-electron chi connectivity index (χ3n) is 4.08. The molecular weight excluding hydrogens is 452 g/mol. The molecule has 0 atom stereocenters. The molecule has 13 heteroatoms. The second-order valence-corrected chi connectivity index (χ2v) is 5.81. The summed E-state index contributed by atoms with van der Waals surface area (Å²) in [5.74, 6) is -26.5. The summed E-state index contributed by atoms with van der Waals surface area (Å²) in [6.45, 7) is 0. The number of hydrogen-bond donors (Lipinski definition) is 1. The maximum atomic E-state index is 14.0. The molecule has 0 amide bonds. The first-order chi connectivity index (χ1) is 14.4. The van der Waals surface area contributed by atoms with Crippen molar-refractivity contribution >= 4 is 5.97 Å². The van der Waals surface area contributed by atoms with Gasteiger partial charge >= 0.3 is 5.97 Å². The van der Waals surface area contributed by atoms with Crippen molar-refractivity contribution in [1.82, 2.24) is 4.98 Å². The van der Waals surface area contributed by atoms with Gasteiger partial charge in [-0.2, -0.15) is 0 Å². The maximum absolute atomic E-state index is 14.0. The van der Waals surface area contributed by atoms with E-state index in [4.69, 9.17) is 0 Å². The Labute approximate surface area is 164 Å². The molecule has 0 fully saturated rings. The van der Waals surface area contributed by atoms with Gasteiger partial charge in [0.2, 0.25) is 11.6 Å². The summed E-state index contributed by atoms with van der Waals surface area (Å²) in [6, 6.07) is 0.147. The summed E-state index contributed by atoms with van der Waals surface area (Å²) in [5.41, 5.74) is -7.11. The Morgan fingerprint density at radius 1 is 0.613 bits per heavy atom. The number of carbonyl (C=O) groups is 1. The van der Waals surface area contributed by atoms with E-state index >= 15 is 0 Å². The number of rotatable bonds is 3. The lowest BCUT2D eigenvalue weighted by Gasteiger charge is -2.13. The van der Waals surface area contributed by atoms with E-state index in [0.29, 0.717) is 0 Å². The second-order valence-electron chi connectivity index (χ2n) is 5.81. The van der Waals surface area contributed by atoms with Crippen LogP contribution in [0.25, 0.3) is 22.4 Å². The van der Waals surface area contributed by atoms with Crippen LogP contribution in [-0.2, 0) is 0 Å². The van der Waals surface area contributed by atoms with Crippen molar-refractivity contribution in [2.24, 2.45) is 0 Å². The van der Waals surface area contributed by atoms with Gasteiger partial charge < -0.3 is 5.11 Å². The van der Waals surface area contributed by atoms with E-state index in [0.717, 1.165) is 0 Å². The average molecular weight is 455 g/mol. The van der Waals surface area contributed by atoms with E-state index in [-0.39, 0.29) is 12.3 Å². The van der Waals surface area contributed by atoms with Crippen molar-refractivity contribution in [2.75, 3.05) is 0 Å². The molecular formula is C18H3F10NO2. The Kier molecular flexibility index (Phi) is 5.38. The van der Waals surface area contributed by atoms with Crippen LogP contribution in [0.2, 0.25) is 0 Å². The van der Waals surface area contributed by atoms with E-state index < -0.39 is 92.1 Å². The fourth-order valence-electron chi connectivity index (χ4n) is 2.64. The van der Waals surface area contributed by atoms with Crippen LogP contribution >= 0.6 is 0 Å². The van der Waals surface area contributed by atoms with Gasteiger partial charge in [-0.15, -0.1) is 0 Å². The molecule has 3 nitrogen and oxygen atoms in total. The van der Waals surface area contributed by atoms with Crippen LogP contribution in [0.1, 0.15) is 10.4 Å². The standard InChI is InChI=1S/C18H3F10NO2/c19-8-6(9(20)13(24)16(27)12(8)23)4-2-29-5(1-3(4)18(30)31)7-10(21)14(25)17(28)15(26)11(7)22/h1-2H,(H,30,31). The lowest BCUT2D eigenvalue weighted by Crippen LogP contribution is -2.10. The van der Waals surface area contributed by atoms with Gasteiger partial charge in [0.1, 0.15) is 0 Å². The van der Waals surface area contributed by atoms with Crippen molar-refractivity contribution in [3.63, 3.8) is 0 Å². The SMILES string of the molecule is O=C(O)c1cc(-c2c(F)c(F)c(F)c(F)c2F)ncc1-c1c(F)c(F)c(F)c(F)c1F. The predicted molar refractivity (Wildman–Crippen MR) is 81.6 cm³/mol. The van der Waals surface area contributed by atoms with E-state index in [1.54, 1.807) is 0 Å². The fraction of sp³-hybridized carbons (Fsp3) is 0. The zero-order valence-corrected chi connectivity index (χ0v) is 14.2. The number of carboxylic acids is 1. The molecule has 0 aliphatic rings. The van der Waals surface area contributed by atoms with Crippen LogP contribution in [0, 0.1) is 58.2 Å². The summed E-state index contributed by atoms with van der Waals surface area (Å²) in [5, 5.41) is 9.24. The van der Waals surface area contributed by atoms with Gasteiger partial charge in [0.05, 0.1) is 22.4 Å². The van der Waals surface area contributed by atoms with Gasteiger partial charge in [-0.05, 0) is 6.07 Å². The normalized spacial score (nSPS) is 11.2. The summed E-state index contributed by atoms with van der Waals surface area (Å²) in [6.07, 6.45) is 0.148. The number of aromatic nitrogens is 1. The minimum absolute atomic E-state index is 0.147. The highest BCUT2D eigenvalue weighted by Crippen LogP contribution is 2.36. The van der Waals surface area contributed by atoms with Crippen LogP contribution in [0.4, 0.5) is 43.9 Å². The Balaban J connectivity index is 2.37. The first kappa shape index (κ1) is 22.1. The smallest absolute Gasteiger partial charge is 0.336 e. The van der Waals surface area contributed by atoms with E-state index in [9.17, 15) is 53.8 Å². The molecule has 162 valence electrons. The van der Waals surface area contributed by atoms with Crippen molar-refractivity contribution in [1.29, 1.82) is 0 Å². The molecule has 3 aromatic rings. The number of aromatic carboxylic acids is 1. The zero-order valence-electron chi connectivity index (χ0n) is 14.2. The predicted octanol–water partition coefficient (Wildman–Crippen LogP) is 5.50. The lowest BCUT2D eigenvalue weighted by molar-refractivity contribution is 0.0697. The molecule has 0 saturated heterocycles. The second kappa shape index (κ2) is 7.56. The monoisotopic (exact) mass is 455 g/mol. The molecule has 0 radical (unpaired) electrons. The van der Waals surface area contributed by atoms with Gasteiger partial charge in [-0.1, -0.05) is 0 Å². The molecule has 2 aromatic carbocycles. The summed E-state index contributed by atoms with van der Waals surface area (Å²) >= 11 is 0. The number of carboxylic acid groups (broad SMARTS) is 1. The number of halogens is 10. The molecule has 0 aliphatic carbocycles. The third-order valence-corrected chi connectivity index (χ3v) is 4.08. The van der Waals surface area contributed by atoms with Crippen molar-refractivity contribution < 1.29 is 53.8 Å². The first-order valence-corrected chi connectivity index (χ1v) is 7.67. The number of pyridine rings is 1. The molecule has 1 N–H and O–H groups in total. The number of nitrogens with zero attached hydrogens (tertiary/aromatic N) is 1. The van der Waals surface area contributed by atoms with Crippen LogP contribution in [0.3, 0.4) is 0 Å². The summed E-state index contributed by atoms with van der Waals surface area (Å²) in [7, 11) is 0. The van der Waals surface area contributed by atoms with E-state index in [1.807, 2.05) is 0 Å². The lowest BCUT2D eigenvalue weighted by atomic mass is 9.97. The molecule has 3 rings (SSSR count). The molecule has 0 aliphatic heterocycles. The molecule has 0 saturated carbocycles. The highest BCUT2D eigenvalue weighted by atomic mass is 19.2. The molecule has 1 heterocycles. The van der Waals surface area contributed by atoms with Crippen LogP contribution in [-0.4, -0.2) is 16.1 Å². The van der Waals surface area contributed by atoms with Gasteiger partial charge in [0.25, 0.3) is 0 Å². The van der Waals surface area contributed by atoms with Gasteiger partial charge in [0.15, 0.2) is 46.5 Å². The van der Waals surface area contributed by atoms with Crippen molar-refractivity contribution in [2.45, 2.75) is 0 Å². The Bertz CT molecular complexity index is 1220. The summed E-state index contributed by atoms with van der Waals surface area (Å²) in [4.78, 5) is 14.7. The highest BCUT2D eigenvalue weighted by molar-refractivity contribution is 5.97. The van der Waals surface area contributed by atoms with E-state index in [1.165, 1.54) is 0 Å². The van der Waals surface area contributed by atoms with E-state index in [2.05, 4.69) is 4.98 Å². The van der Waals surface area contributed by atoms with Gasteiger partial charge in [-0.3, -0.25) is 4.98 Å². The summed E-state index contributed by atoms with van der Waals surface area (Å²) < 4.78 is 136. The van der Waals surface area contributed by atoms with Crippen LogP contribution in [0.5, 0.6) is 0 Å². The van der Waals surface area contributed by atoms with Crippen LogP contribution in [0.15, 0.2) is 12.3 Å². The molecule has 0 bridgehead atoms. The number of hydrogen-bond acceptors (Lipinski definition) is 2. The molecule has 1 aromatic heterocycles. The van der Waals surface area contributed by atoms with Crippen LogP contribution < -0.4 is 0 Å². The van der Waals surface area contributed by atoms with Crippen molar-refractivity contribution in [3.05, 3.63) is 76.0 Å². The molecule has 0 unspecified atom stereocenters. The minimum atomic E-state index is -2.54. The minimum Gasteiger partial charge on any atom is -0.478 e. The largest absolute Gasteiger partial charge is 0.478 e. The first-order valence-electron chi connectivity index (χ1n) is 7.67. The number of benzene rings is 2. The molecule has 0 spiro atoms.